The Hall–Kier alpha value is -3.69. The number of amides is 4. The molecule has 4 amide bonds. The lowest BCUT2D eigenvalue weighted by atomic mass is 9.85. The molecule has 3 heterocycles. The Labute approximate surface area is 217 Å². The molecule has 200 valence electrons. The van der Waals surface area contributed by atoms with Crippen molar-refractivity contribution in [3.8, 4) is 0 Å². The largest absolute Gasteiger partial charge is 0.365 e. The van der Waals surface area contributed by atoms with Gasteiger partial charge in [0, 0.05) is 30.5 Å². The van der Waals surface area contributed by atoms with Gasteiger partial charge in [0.1, 0.15) is 11.4 Å². The van der Waals surface area contributed by atoms with Crippen LogP contribution in [0.25, 0.3) is 0 Å². The maximum Gasteiger partial charge on any atom is 0.254 e. The third-order valence-electron chi connectivity index (χ3n) is 8.03. The molecule has 0 spiro atoms. The second-order valence-corrected chi connectivity index (χ2v) is 10.4. The normalized spacial score (nSPS) is 22.9. The van der Waals surface area contributed by atoms with Crippen molar-refractivity contribution in [1.82, 2.24) is 9.80 Å². The number of halogens is 3. The number of likely N-dealkylation sites (tertiary alicyclic amines) is 1. The number of piperidine rings is 1. The van der Waals surface area contributed by atoms with Gasteiger partial charge < -0.3 is 10.6 Å². The van der Waals surface area contributed by atoms with Crippen LogP contribution in [-0.4, -0.2) is 45.5 Å². The van der Waals surface area contributed by atoms with Crippen LogP contribution in [0.3, 0.4) is 0 Å². The standard InChI is InChI=1S/C28H28F3N3O4/c29-21-13-17(25(30)24(26(21)31)27(32)37)5-4-15-11-19-6-7-20(12-15)34(19)28(38)18-3-1-2-16(10-18)14-33-22(35)8-9-23(33)36/h1-3,10,13,15,19-20H,4-9,11-12,14H2,(H2,32,37)/t15?,19-,20+. The molecule has 3 atom stereocenters. The molecule has 3 aliphatic rings. The van der Waals surface area contributed by atoms with E-state index in [0.29, 0.717) is 30.4 Å². The second kappa shape index (κ2) is 10.2. The van der Waals surface area contributed by atoms with Gasteiger partial charge in [-0.25, -0.2) is 13.2 Å². The SMILES string of the molecule is NC(=O)c1c(F)c(F)cc(CCC2C[C@H]3CC[C@@H](C2)N3C(=O)c2cccc(CN3C(=O)CCC3=O)c2)c1F. The van der Waals surface area contributed by atoms with Gasteiger partial charge in [-0.1, -0.05) is 12.1 Å². The summed E-state index contributed by atoms with van der Waals surface area (Å²) in [7, 11) is 0. The van der Waals surface area contributed by atoms with Crippen LogP contribution >= 0.6 is 0 Å². The van der Waals surface area contributed by atoms with Gasteiger partial charge >= 0.3 is 0 Å². The highest BCUT2D eigenvalue weighted by Crippen LogP contribution is 2.41. The van der Waals surface area contributed by atoms with Crippen molar-refractivity contribution in [1.29, 1.82) is 0 Å². The Bertz CT molecular complexity index is 1300. The minimum absolute atomic E-state index is 0.00706. The summed E-state index contributed by atoms with van der Waals surface area (Å²) >= 11 is 0. The van der Waals surface area contributed by atoms with E-state index in [-0.39, 0.29) is 67.1 Å². The summed E-state index contributed by atoms with van der Waals surface area (Å²) in [4.78, 5) is 52.0. The number of hydrogen-bond donors (Lipinski definition) is 1. The third-order valence-corrected chi connectivity index (χ3v) is 8.03. The molecule has 3 aliphatic heterocycles. The lowest BCUT2D eigenvalue weighted by Gasteiger charge is -2.39. The van der Waals surface area contributed by atoms with Gasteiger partial charge in [-0.15, -0.1) is 0 Å². The molecule has 5 rings (SSSR count). The molecule has 0 saturated carbocycles. The topological polar surface area (TPSA) is 101 Å². The average Bonchev–Trinajstić information content (AvgIpc) is 3.34. The summed E-state index contributed by atoms with van der Waals surface area (Å²) in [5, 5.41) is 0. The van der Waals surface area contributed by atoms with Gasteiger partial charge in [0.15, 0.2) is 11.6 Å². The highest BCUT2D eigenvalue weighted by atomic mass is 19.2. The maximum absolute atomic E-state index is 14.6. The number of carbonyl (C=O) groups excluding carboxylic acids is 4. The van der Waals surface area contributed by atoms with Crippen molar-refractivity contribution < 1.29 is 32.3 Å². The van der Waals surface area contributed by atoms with E-state index < -0.39 is 28.9 Å². The van der Waals surface area contributed by atoms with Gasteiger partial charge in [-0.3, -0.25) is 24.1 Å². The lowest BCUT2D eigenvalue weighted by molar-refractivity contribution is -0.139. The minimum Gasteiger partial charge on any atom is -0.365 e. The maximum atomic E-state index is 14.6. The molecule has 2 N–H and O–H groups in total. The van der Waals surface area contributed by atoms with E-state index in [1.54, 1.807) is 24.3 Å². The molecule has 2 aromatic carbocycles. The predicted molar refractivity (Wildman–Crippen MR) is 130 cm³/mol. The molecule has 38 heavy (non-hydrogen) atoms. The number of benzene rings is 2. The zero-order chi connectivity index (χ0) is 27.1. The Morgan fingerprint density at radius 1 is 0.947 bits per heavy atom. The van der Waals surface area contributed by atoms with Crippen LogP contribution in [0, 0.1) is 23.4 Å². The fraction of sp³-hybridized carbons (Fsp3) is 0.429. The van der Waals surface area contributed by atoms with Crippen LogP contribution in [0.1, 0.15) is 76.8 Å². The van der Waals surface area contributed by atoms with E-state index in [2.05, 4.69) is 0 Å². The molecular weight excluding hydrogens is 499 g/mol. The molecule has 3 fully saturated rings. The summed E-state index contributed by atoms with van der Waals surface area (Å²) in [6, 6.07) is 7.79. The quantitative estimate of drug-likeness (QED) is 0.436. The van der Waals surface area contributed by atoms with Crippen LogP contribution in [0.2, 0.25) is 0 Å². The van der Waals surface area contributed by atoms with Crippen LogP contribution in [0.4, 0.5) is 13.2 Å². The molecule has 10 heteroatoms. The molecule has 0 radical (unpaired) electrons. The summed E-state index contributed by atoms with van der Waals surface area (Å²) < 4.78 is 42.4. The van der Waals surface area contributed by atoms with E-state index in [9.17, 15) is 32.3 Å². The molecule has 7 nitrogen and oxygen atoms in total. The number of nitrogens with two attached hydrogens (primary N) is 1. The van der Waals surface area contributed by atoms with Crippen molar-refractivity contribution in [3.63, 3.8) is 0 Å². The molecule has 0 aromatic heterocycles. The Kier molecular flexibility index (Phi) is 6.98. The van der Waals surface area contributed by atoms with Crippen LogP contribution in [-0.2, 0) is 22.6 Å². The summed E-state index contributed by atoms with van der Waals surface area (Å²) in [5.74, 6) is -5.73. The predicted octanol–water partition coefficient (Wildman–Crippen LogP) is 3.87. The number of hydrogen-bond acceptors (Lipinski definition) is 4. The first-order chi connectivity index (χ1) is 18.1. The molecule has 1 unspecified atom stereocenters. The van der Waals surface area contributed by atoms with Crippen molar-refractivity contribution in [3.05, 3.63) is 70.0 Å². The van der Waals surface area contributed by atoms with Gasteiger partial charge in [0.25, 0.3) is 11.8 Å². The molecular formula is C28H28F3N3O4. The molecule has 0 aliphatic carbocycles. The molecule has 2 aromatic rings. The summed E-state index contributed by atoms with van der Waals surface area (Å²) in [5.41, 5.74) is 5.11. The third kappa shape index (κ3) is 4.79. The van der Waals surface area contributed by atoms with Crippen LogP contribution < -0.4 is 5.73 Å². The van der Waals surface area contributed by atoms with Crippen LogP contribution in [0.15, 0.2) is 30.3 Å². The van der Waals surface area contributed by atoms with Crippen LogP contribution in [0.5, 0.6) is 0 Å². The monoisotopic (exact) mass is 527 g/mol. The van der Waals surface area contributed by atoms with Crippen molar-refractivity contribution in [2.75, 3.05) is 0 Å². The number of aryl methyl sites for hydroxylation is 1. The first-order valence-corrected chi connectivity index (χ1v) is 12.8. The van der Waals surface area contributed by atoms with E-state index >= 15 is 0 Å². The van der Waals surface area contributed by atoms with Gasteiger partial charge in [0.05, 0.1) is 6.54 Å². The van der Waals surface area contributed by atoms with Gasteiger partial charge in [-0.05, 0) is 73.8 Å². The second-order valence-electron chi connectivity index (χ2n) is 10.4. The first-order valence-electron chi connectivity index (χ1n) is 12.8. The first kappa shape index (κ1) is 25.9. The van der Waals surface area contributed by atoms with Crippen molar-refractivity contribution >= 4 is 23.6 Å². The summed E-state index contributed by atoms with van der Waals surface area (Å²) in [6.45, 7) is 0.145. The Balaban J connectivity index is 1.25. The summed E-state index contributed by atoms with van der Waals surface area (Å²) in [6.07, 6.45) is 4.14. The van der Waals surface area contributed by atoms with E-state index in [1.165, 1.54) is 4.90 Å². The van der Waals surface area contributed by atoms with Crippen molar-refractivity contribution in [2.24, 2.45) is 11.7 Å². The van der Waals surface area contributed by atoms with Gasteiger partial charge in [0.2, 0.25) is 11.8 Å². The molecule has 3 saturated heterocycles. The lowest BCUT2D eigenvalue weighted by Crippen LogP contribution is -2.46. The fourth-order valence-corrected chi connectivity index (χ4v) is 6.20. The zero-order valence-corrected chi connectivity index (χ0v) is 20.7. The van der Waals surface area contributed by atoms with Gasteiger partial charge in [-0.2, -0.15) is 0 Å². The number of carbonyl (C=O) groups is 4. The van der Waals surface area contributed by atoms with E-state index in [1.807, 2.05) is 4.90 Å². The highest BCUT2D eigenvalue weighted by molar-refractivity contribution is 6.02. The average molecular weight is 528 g/mol. The number of rotatable bonds is 7. The zero-order valence-electron chi connectivity index (χ0n) is 20.7. The minimum atomic E-state index is -1.58. The number of imide groups is 1. The Morgan fingerprint density at radius 2 is 1.61 bits per heavy atom. The fourth-order valence-electron chi connectivity index (χ4n) is 6.20. The van der Waals surface area contributed by atoms with E-state index in [4.69, 9.17) is 5.73 Å². The Morgan fingerprint density at radius 3 is 2.24 bits per heavy atom. The number of fused-ring (bicyclic) bond motifs is 2. The highest BCUT2D eigenvalue weighted by Gasteiger charge is 2.43. The molecule has 2 bridgehead atoms. The van der Waals surface area contributed by atoms with Crippen molar-refractivity contribution in [2.45, 2.75) is 70.0 Å². The smallest absolute Gasteiger partial charge is 0.254 e. The number of primary amides is 1. The number of nitrogens with zero attached hydrogens (tertiary/aromatic N) is 2. The van der Waals surface area contributed by atoms with E-state index in [0.717, 1.165) is 18.9 Å².